The number of phenols is 1. The van der Waals surface area contributed by atoms with Crippen molar-refractivity contribution >= 4 is 23.7 Å². The van der Waals surface area contributed by atoms with Gasteiger partial charge in [0.1, 0.15) is 18.3 Å². The molecule has 0 radical (unpaired) electrons. The Hall–Kier alpha value is -2.94. The Morgan fingerprint density at radius 2 is 1.92 bits per heavy atom. The van der Waals surface area contributed by atoms with Crippen LogP contribution in [0, 0.1) is 0 Å². The molecule has 1 heterocycles. The molecule has 2 atom stereocenters. The summed E-state index contributed by atoms with van der Waals surface area (Å²) in [7, 11) is 0. The summed E-state index contributed by atoms with van der Waals surface area (Å²) < 4.78 is 0. The molecule has 3 amide bonds. The zero-order valence-electron chi connectivity index (χ0n) is 13.3. The summed E-state index contributed by atoms with van der Waals surface area (Å²) >= 11 is 0. The third kappa shape index (κ3) is 4.77. The number of piperidine rings is 1. The van der Waals surface area contributed by atoms with Crippen LogP contribution in [0.4, 0.5) is 0 Å². The van der Waals surface area contributed by atoms with Gasteiger partial charge in [-0.25, -0.2) is 0 Å². The number of likely N-dealkylation sites (tertiary alicyclic amines) is 1. The maximum atomic E-state index is 12.2. The number of carbonyl (C=O) groups excluding carboxylic acids is 3. The molecular weight excluding hydrogens is 330 g/mol. The lowest BCUT2D eigenvalue weighted by atomic mass is 10.0. The minimum atomic E-state index is -1.31. The summed E-state index contributed by atoms with van der Waals surface area (Å²) in [4.78, 5) is 47.4. The van der Waals surface area contributed by atoms with Gasteiger partial charge in [-0.2, -0.15) is 0 Å². The number of aromatic hydroxyl groups is 1. The first-order valence-corrected chi connectivity index (χ1v) is 7.68. The average molecular weight is 349 g/mol. The van der Waals surface area contributed by atoms with Gasteiger partial charge in [0.2, 0.25) is 11.8 Å². The average Bonchev–Trinajstić information content (AvgIpc) is 2.56. The molecule has 1 aromatic rings. The van der Waals surface area contributed by atoms with Crippen LogP contribution < -0.4 is 11.1 Å². The third-order valence-electron chi connectivity index (χ3n) is 3.85. The van der Waals surface area contributed by atoms with Gasteiger partial charge in [0.05, 0.1) is 6.04 Å². The highest BCUT2D eigenvalue weighted by atomic mass is 16.4. The molecule has 25 heavy (non-hydrogen) atoms. The fourth-order valence-electron chi connectivity index (χ4n) is 2.53. The minimum absolute atomic E-state index is 0.0306. The predicted molar refractivity (Wildman–Crippen MR) is 85.3 cm³/mol. The lowest BCUT2D eigenvalue weighted by Gasteiger charge is -2.30. The number of hydrogen-bond donors (Lipinski definition) is 4. The molecule has 0 aromatic heterocycles. The number of nitrogens with two attached hydrogens (primary N) is 1. The number of hydrogen-bond acceptors (Lipinski definition) is 6. The fourth-order valence-corrected chi connectivity index (χ4v) is 2.53. The predicted octanol–water partition coefficient (Wildman–Crippen LogP) is -1.02. The number of imide groups is 1. The molecule has 5 N–H and O–H groups in total. The minimum Gasteiger partial charge on any atom is -0.508 e. The SMILES string of the molecule is N[C@@H](Cc1ccc(O)cc1)C(=O)N[C@H]1CCC(=O)N(CC(=O)O)C1=O. The number of phenolic OH excluding ortho intramolecular Hbond substituents is 1. The number of rotatable bonds is 6. The number of carbonyl (C=O) groups is 4. The summed E-state index contributed by atoms with van der Waals surface area (Å²) in [6.07, 6.45) is 0.271. The van der Waals surface area contributed by atoms with E-state index in [4.69, 9.17) is 10.8 Å². The maximum absolute atomic E-state index is 12.2. The van der Waals surface area contributed by atoms with E-state index in [1.807, 2.05) is 0 Å². The standard InChI is InChI=1S/C16H19N3O6/c17-11(7-9-1-3-10(20)4-2-9)15(24)18-12-5-6-13(21)19(16(12)25)8-14(22)23/h1-4,11-12,20H,5-8,17H2,(H,18,24)(H,22,23)/t11-,12-/m0/s1. The van der Waals surface area contributed by atoms with Crippen LogP contribution in [0.2, 0.25) is 0 Å². The Kier molecular flexibility index (Phi) is 5.71. The first-order valence-electron chi connectivity index (χ1n) is 7.68. The highest BCUT2D eigenvalue weighted by molar-refractivity contribution is 6.03. The van der Waals surface area contributed by atoms with E-state index >= 15 is 0 Å². The molecule has 0 spiro atoms. The van der Waals surface area contributed by atoms with Crippen molar-refractivity contribution in [3.8, 4) is 5.75 Å². The lowest BCUT2D eigenvalue weighted by molar-refractivity contribution is -0.156. The van der Waals surface area contributed by atoms with E-state index in [0.29, 0.717) is 4.90 Å². The van der Waals surface area contributed by atoms with Gasteiger partial charge < -0.3 is 21.3 Å². The Labute approximate surface area is 143 Å². The summed E-state index contributed by atoms with van der Waals surface area (Å²) in [5.74, 6) is -3.11. The van der Waals surface area contributed by atoms with Gasteiger partial charge in [0.25, 0.3) is 5.91 Å². The van der Waals surface area contributed by atoms with Crippen LogP contribution >= 0.6 is 0 Å². The molecule has 9 heteroatoms. The normalized spacial score (nSPS) is 18.8. The third-order valence-corrected chi connectivity index (χ3v) is 3.85. The molecule has 0 saturated carbocycles. The second-order valence-corrected chi connectivity index (χ2v) is 5.79. The van der Waals surface area contributed by atoms with Crippen molar-refractivity contribution in [3.05, 3.63) is 29.8 Å². The van der Waals surface area contributed by atoms with Gasteiger partial charge in [-0.05, 0) is 30.5 Å². The number of nitrogens with zero attached hydrogens (tertiary/aromatic N) is 1. The monoisotopic (exact) mass is 349 g/mol. The Morgan fingerprint density at radius 3 is 2.52 bits per heavy atom. The quantitative estimate of drug-likeness (QED) is 0.480. The Balaban J connectivity index is 1.96. The Bertz CT molecular complexity index is 688. The van der Waals surface area contributed by atoms with Gasteiger partial charge in [-0.3, -0.25) is 24.1 Å². The van der Waals surface area contributed by atoms with Crippen molar-refractivity contribution in [3.63, 3.8) is 0 Å². The van der Waals surface area contributed by atoms with Crippen LogP contribution in [-0.2, 0) is 25.6 Å². The molecule has 134 valence electrons. The zero-order chi connectivity index (χ0) is 18.6. The topological polar surface area (TPSA) is 150 Å². The van der Waals surface area contributed by atoms with E-state index in [9.17, 15) is 24.3 Å². The summed E-state index contributed by atoms with van der Waals surface area (Å²) in [6.45, 7) is -0.733. The van der Waals surface area contributed by atoms with Crippen LogP contribution in [0.25, 0.3) is 0 Å². The van der Waals surface area contributed by atoms with E-state index in [-0.39, 0.29) is 25.0 Å². The second kappa shape index (κ2) is 7.75. The number of nitrogens with one attached hydrogen (secondary N) is 1. The molecule has 0 bridgehead atoms. The summed E-state index contributed by atoms with van der Waals surface area (Å²) in [6, 6.07) is 4.29. The van der Waals surface area contributed by atoms with Gasteiger partial charge in [-0.15, -0.1) is 0 Å². The molecular formula is C16H19N3O6. The van der Waals surface area contributed by atoms with Crippen molar-refractivity contribution in [2.45, 2.75) is 31.3 Å². The van der Waals surface area contributed by atoms with Crippen LogP contribution in [-0.4, -0.2) is 57.4 Å². The van der Waals surface area contributed by atoms with Crippen LogP contribution in [0.5, 0.6) is 5.75 Å². The molecule has 0 aliphatic carbocycles. The van der Waals surface area contributed by atoms with Gasteiger partial charge in [0, 0.05) is 6.42 Å². The van der Waals surface area contributed by atoms with Gasteiger partial charge in [-0.1, -0.05) is 12.1 Å². The van der Waals surface area contributed by atoms with E-state index < -0.39 is 42.3 Å². The number of benzene rings is 1. The molecule has 2 rings (SSSR count). The fraction of sp³-hybridized carbons (Fsp3) is 0.375. The Morgan fingerprint density at radius 1 is 1.28 bits per heavy atom. The zero-order valence-corrected chi connectivity index (χ0v) is 13.3. The van der Waals surface area contributed by atoms with Crippen molar-refractivity contribution in [2.75, 3.05) is 6.54 Å². The van der Waals surface area contributed by atoms with Crippen molar-refractivity contribution in [2.24, 2.45) is 5.73 Å². The molecule has 1 fully saturated rings. The largest absolute Gasteiger partial charge is 0.508 e. The number of aliphatic carboxylic acids is 1. The second-order valence-electron chi connectivity index (χ2n) is 5.79. The molecule has 9 nitrogen and oxygen atoms in total. The van der Waals surface area contributed by atoms with E-state index in [1.54, 1.807) is 12.1 Å². The molecule has 1 saturated heterocycles. The molecule has 1 aromatic carbocycles. The van der Waals surface area contributed by atoms with Crippen LogP contribution in [0.1, 0.15) is 18.4 Å². The van der Waals surface area contributed by atoms with Crippen molar-refractivity contribution in [1.82, 2.24) is 10.2 Å². The molecule has 0 unspecified atom stereocenters. The number of carboxylic acid groups (broad SMARTS) is 1. The van der Waals surface area contributed by atoms with Crippen molar-refractivity contribution < 1.29 is 29.4 Å². The molecule has 1 aliphatic heterocycles. The smallest absolute Gasteiger partial charge is 0.323 e. The number of amides is 3. The van der Waals surface area contributed by atoms with E-state index in [1.165, 1.54) is 12.1 Å². The summed E-state index contributed by atoms with van der Waals surface area (Å²) in [5, 5.41) is 20.5. The van der Waals surface area contributed by atoms with E-state index in [2.05, 4.69) is 5.32 Å². The lowest BCUT2D eigenvalue weighted by Crippen LogP contribution is -2.57. The van der Waals surface area contributed by atoms with E-state index in [0.717, 1.165) is 5.56 Å². The first kappa shape index (κ1) is 18.4. The summed E-state index contributed by atoms with van der Waals surface area (Å²) in [5.41, 5.74) is 6.57. The highest BCUT2D eigenvalue weighted by Crippen LogP contribution is 2.14. The number of carboxylic acids is 1. The van der Waals surface area contributed by atoms with Crippen LogP contribution in [0.15, 0.2) is 24.3 Å². The van der Waals surface area contributed by atoms with Crippen LogP contribution in [0.3, 0.4) is 0 Å². The van der Waals surface area contributed by atoms with Gasteiger partial charge >= 0.3 is 5.97 Å². The van der Waals surface area contributed by atoms with Gasteiger partial charge in [0.15, 0.2) is 0 Å². The van der Waals surface area contributed by atoms with Crippen molar-refractivity contribution in [1.29, 1.82) is 0 Å². The molecule has 1 aliphatic rings. The highest BCUT2D eigenvalue weighted by Gasteiger charge is 2.36. The first-order chi connectivity index (χ1) is 11.8. The maximum Gasteiger partial charge on any atom is 0.323 e.